The average Bonchev–Trinajstić information content (AvgIpc) is 2.83. The van der Waals surface area contributed by atoms with Gasteiger partial charge in [-0.3, -0.25) is 14.9 Å². The molecule has 4 amide bonds. The summed E-state index contributed by atoms with van der Waals surface area (Å²) >= 11 is 5.80. The fraction of sp³-hybridized carbons (Fsp3) is 0.0800. The number of carbonyl (C=O) groups is 3. The lowest BCUT2D eigenvalue weighted by molar-refractivity contribution is -0.122. The molecule has 1 heterocycles. The summed E-state index contributed by atoms with van der Waals surface area (Å²) in [6.45, 7) is 2.28. The second kappa shape index (κ2) is 10.2. The number of rotatable bonds is 7. The molecule has 1 fully saturated rings. The minimum atomic E-state index is -4.15. The summed E-state index contributed by atoms with van der Waals surface area (Å²) < 4.78 is 35.7. The van der Waals surface area contributed by atoms with Crippen molar-refractivity contribution in [2.45, 2.75) is 11.8 Å². The molecule has 36 heavy (non-hydrogen) atoms. The fourth-order valence-electron chi connectivity index (χ4n) is 3.35. The number of ether oxygens (including phenoxy) is 1. The first-order valence-electron chi connectivity index (χ1n) is 10.6. The quantitative estimate of drug-likeness (QED) is 0.279. The van der Waals surface area contributed by atoms with Gasteiger partial charge in [-0.05, 0) is 79.2 Å². The van der Waals surface area contributed by atoms with Crippen molar-refractivity contribution in [3.8, 4) is 11.5 Å². The molecule has 0 unspecified atom stereocenters. The largest absolute Gasteiger partial charge is 0.494 e. The summed E-state index contributed by atoms with van der Waals surface area (Å²) in [5, 5.41) is 2.51. The lowest BCUT2D eigenvalue weighted by atomic mass is 10.1. The number of nitrogens with zero attached hydrogens (tertiary/aromatic N) is 1. The molecule has 1 saturated heterocycles. The molecule has 9 nitrogen and oxygen atoms in total. The Kier molecular flexibility index (Phi) is 7.09. The Labute approximate surface area is 212 Å². The molecule has 3 aromatic carbocycles. The van der Waals surface area contributed by atoms with Crippen LogP contribution in [0.2, 0.25) is 5.02 Å². The maximum atomic E-state index is 13.1. The summed E-state index contributed by atoms with van der Waals surface area (Å²) in [7, 11) is -4.15. The Balaban J connectivity index is 1.60. The highest BCUT2D eigenvalue weighted by Crippen LogP contribution is 2.26. The first-order chi connectivity index (χ1) is 17.2. The third-order valence-electron chi connectivity index (χ3n) is 4.98. The molecule has 0 bridgehead atoms. The van der Waals surface area contributed by atoms with Crippen molar-refractivity contribution in [2.75, 3.05) is 11.5 Å². The van der Waals surface area contributed by atoms with Gasteiger partial charge >= 0.3 is 16.1 Å². The Bertz CT molecular complexity index is 1470. The highest BCUT2D eigenvalue weighted by molar-refractivity contribution is 7.87. The van der Waals surface area contributed by atoms with Crippen LogP contribution in [0.5, 0.6) is 11.5 Å². The second-order valence-electron chi connectivity index (χ2n) is 7.45. The van der Waals surface area contributed by atoms with Crippen LogP contribution in [0.25, 0.3) is 6.08 Å². The smallest absolute Gasteiger partial charge is 0.339 e. The number of nitrogens with one attached hydrogen (secondary N) is 1. The maximum absolute atomic E-state index is 13.1. The minimum Gasteiger partial charge on any atom is -0.494 e. The SMILES string of the molecule is CCOc1ccc(N2C(=O)NC(=O)/C(=C/c3cccc(OS(=O)(=O)c4ccc(Cl)cc4)c3)C2=O)cc1. The summed E-state index contributed by atoms with van der Waals surface area (Å²) in [5.74, 6) is -1.20. The van der Waals surface area contributed by atoms with Gasteiger partial charge in [0.25, 0.3) is 11.8 Å². The number of amides is 4. The fourth-order valence-corrected chi connectivity index (χ4v) is 4.40. The molecule has 1 aliphatic rings. The van der Waals surface area contributed by atoms with E-state index in [0.717, 1.165) is 4.90 Å². The molecule has 1 N–H and O–H groups in total. The van der Waals surface area contributed by atoms with E-state index in [0.29, 0.717) is 22.9 Å². The van der Waals surface area contributed by atoms with Gasteiger partial charge in [0.1, 0.15) is 22.0 Å². The second-order valence-corrected chi connectivity index (χ2v) is 9.43. The molecule has 0 radical (unpaired) electrons. The van der Waals surface area contributed by atoms with E-state index in [2.05, 4.69) is 5.32 Å². The number of benzene rings is 3. The van der Waals surface area contributed by atoms with Crippen molar-refractivity contribution in [1.82, 2.24) is 5.32 Å². The molecule has 0 saturated carbocycles. The Morgan fingerprint density at radius 2 is 1.64 bits per heavy atom. The van der Waals surface area contributed by atoms with Crippen molar-refractivity contribution < 1.29 is 31.7 Å². The zero-order valence-corrected chi connectivity index (χ0v) is 20.4. The van der Waals surface area contributed by atoms with Gasteiger partial charge < -0.3 is 8.92 Å². The van der Waals surface area contributed by atoms with Crippen LogP contribution in [0.1, 0.15) is 12.5 Å². The van der Waals surface area contributed by atoms with Crippen LogP contribution in [0.15, 0.2) is 83.3 Å². The molecule has 184 valence electrons. The summed E-state index contributed by atoms with van der Waals surface area (Å²) in [6.07, 6.45) is 1.24. The molecule has 0 aromatic heterocycles. The third-order valence-corrected chi connectivity index (χ3v) is 6.50. The molecule has 4 rings (SSSR count). The van der Waals surface area contributed by atoms with Gasteiger partial charge in [-0.1, -0.05) is 23.7 Å². The van der Waals surface area contributed by atoms with Crippen LogP contribution in [-0.4, -0.2) is 32.9 Å². The number of halogens is 1. The van der Waals surface area contributed by atoms with E-state index in [1.165, 1.54) is 60.7 Å². The van der Waals surface area contributed by atoms with Crippen LogP contribution >= 0.6 is 11.6 Å². The highest BCUT2D eigenvalue weighted by Gasteiger charge is 2.36. The molecule has 0 spiro atoms. The van der Waals surface area contributed by atoms with Gasteiger partial charge in [-0.25, -0.2) is 9.69 Å². The van der Waals surface area contributed by atoms with Crippen LogP contribution in [-0.2, 0) is 19.7 Å². The predicted molar refractivity (Wildman–Crippen MR) is 132 cm³/mol. The van der Waals surface area contributed by atoms with E-state index in [9.17, 15) is 22.8 Å². The zero-order chi connectivity index (χ0) is 25.9. The molecule has 1 aliphatic heterocycles. The van der Waals surface area contributed by atoms with E-state index in [-0.39, 0.29) is 21.9 Å². The number of barbiturate groups is 1. The summed E-state index contributed by atoms with van der Waals surface area (Å²) in [4.78, 5) is 38.7. The normalized spacial score (nSPS) is 15.1. The highest BCUT2D eigenvalue weighted by atomic mass is 35.5. The van der Waals surface area contributed by atoms with Gasteiger partial charge in [0.15, 0.2) is 0 Å². The van der Waals surface area contributed by atoms with Crippen molar-refractivity contribution in [1.29, 1.82) is 0 Å². The zero-order valence-electron chi connectivity index (χ0n) is 18.8. The number of urea groups is 1. The Morgan fingerprint density at radius 3 is 2.31 bits per heavy atom. The summed E-state index contributed by atoms with van der Waals surface area (Å²) in [5.41, 5.74) is 0.227. The Hall–Kier alpha value is -4.15. The molecule has 3 aromatic rings. The number of carbonyl (C=O) groups excluding carboxylic acids is 3. The topological polar surface area (TPSA) is 119 Å². The van der Waals surface area contributed by atoms with Crippen LogP contribution < -0.4 is 19.1 Å². The molecule has 0 aliphatic carbocycles. The predicted octanol–water partition coefficient (Wildman–Crippen LogP) is 4.17. The summed E-state index contributed by atoms with van der Waals surface area (Å²) in [6, 6.07) is 16.6. The molecular formula is C25H19ClN2O7S. The van der Waals surface area contributed by atoms with E-state index >= 15 is 0 Å². The van der Waals surface area contributed by atoms with Gasteiger partial charge in [-0.15, -0.1) is 0 Å². The third kappa shape index (κ3) is 5.40. The monoisotopic (exact) mass is 526 g/mol. The molecule has 0 atom stereocenters. The van der Waals surface area contributed by atoms with Gasteiger partial charge in [-0.2, -0.15) is 8.42 Å². The van der Waals surface area contributed by atoms with Crippen LogP contribution in [0, 0.1) is 0 Å². The van der Waals surface area contributed by atoms with Crippen molar-refractivity contribution >= 4 is 51.3 Å². The van der Waals surface area contributed by atoms with Crippen LogP contribution in [0.4, 0.5) is 10.5 Å². The van der Waals surface area contributed by atoms with E-state index in [1.807, 2.05) is 6.92 Å². The van der Waals surface area contributed by atoms with Crippen molar-refractivity contribution in [2.24, 2.45) is 0 Å². The van der Waals surface area contributed by atoms with Crippen LogP contribution in [0.3, 0.4) is 0 Å². The van der Waals surface area contributed by atoms with E-state index < -0.39 is 28.0 Å². The van der Waals surface area contributed by atoms with Gasteiger partial charge in [0, 0.05) is 5.02 Å². The van der Waals surface area contributed by atoms with Gasteiger partial charge in [0.05, 0.1) is 12.3 Å². The number of hydrogen-bond acceptors (Lipinski definition) is 7. The van der Waals surface area contributed by atoms with Crippen molar-refractivity contribution in [3.05, 3.63) is 89.0 Å². The maximum Gasteiger partial charge on any atom is 0.339 e. The number of hydrogen-bond donors (Lipinski definition) is 1. The van der Waals surface area contributed by atoms with Gasteiger partial charge in [0.2, 0.25) is 0 Å². The first-order valence-corrected chi connectivity index (χ1v) is 12.4. The minimum absolute atomic E-state index is 0.0394. The Morgan fingerprint density at radius 1 is 0.944 bits per heavy atom. The number of imide groups is 2. The average molecular weight is 527 g/mol. The lowest BCUT2D eigenvalue weighted by Gasteiger charge is -2.26. The van der Waals surface area contributed by atoms with E-state index in [1.54, 1.807) is 18.2 Å². The van der Waals surface area contributed by atoms with Crippen molar-refractivity contribution in [3.63, 3.8) is 0 Å². The lowest BCUT2D eigenvalue weighted by Crippen LogP contribution is -2.54. The standard InChI is InChI=1S/C25H19ClN2O7S/c1-2-34-19-10-8-18(9-11-19)28-24(30)22(23(29)27-25(28)31)15-16-4-3-5-20(14-16)35-36(32,33)21-12-6-17(26)7-13-21/h3-15H,2H2,1H3,(H,27,29,31)/b22-15-. The first kappa shape index (κ1) is 25.0. The number of anilines is 1. The molecule has 11 heteroatoms. The molecular weight excluding hydrogens is 508 g/mol. The van der Waals surface area contributed by atoms with E-state index in [4.69, 9.17) is 20.5 Å².